The quantitative estimate of drug-likeness (QED) is 0.630. The van der Waals surface area contributed by atoms with E-state index in [-0.39, 0.29) is 5.48 Å². The van der Waals surface area contributed by atoms with Crippen molar-refractivity contribution in [2.75, 3.05) is 18.0 Å². The summed E-state index contributed by atoms with van der Waals surface area (Å²) in [4.78, 5) is 6.34. The van der Waals surface area contributed by atoms with Crippen LogP contribution in [0, 0.1) is 17.0 Å². The largest absolute Gasteiger partial charge is 0.630 e. The fourth-order valence-corrected chi connectivity index (χ4v) is 2.91. The van der Waals surface area contributed by atoms with Crippen LogP contribution in [-0.4, -0.2) is 23.5 Å². The molecule has 1 aliphatic heterocycles. The Labute approximate surface area is 160 Å². The number of hydrogen-bond donors (Lipinski definition) is 1. The third kappa shape index (κ3) is 5.33. The van der Waals surface area contributed by atoms with Gasteiger partial charge in [-0.15, -0.1) is 0 Å². The van der Waals surface area contributed by atoms with Crippen molar-refractivity contribution in [2.24, 2.45) is 0 Å². The number of halogens is 3. The van der Waals surface area contributed by atoms with E-state index in [0.717, 1.165) is 49.1 Å². The molecule has 0 amide bonds. The summed E-state index contributed by atoms with van der Waals surface area (Å²) in [5.74, 6) is 6.31. The van der Waals surface area contributed by atoms with Crippen molar-refractivity contribution in [3.05, 3.63) is 70.6 Å². The monoisotopic (exact) mass is 391 g/mol. The topological polar surface area (TPSA) is 87.3 Å². The fourth-order valence-electron chi connectivity index (χ4n) is 2.91. The van der Waals surface area contributed by atoms with Crippen LogP contribution >= 0.6 is 0 Å². The lowest BCUT2D eigenvalue weighted by molar-refractivity contribution is -0.496. The highest BCUT2D eigenvalue weighted by Gasteiger charge is 2.30. The number of hydrogen-bond acceptors (Lipinski definition) is 3. The Morgan fingerprint density at radius 3 is 2.57 bits per heavy atom. The number of nitrogens with two attached hydrogens (primary N) is 1. The summed E-state index contributed by atoms with van der Waals surface area (Å²) in [6.45, 7) is 1.43. The van der Waals surface area contributed by atoms with Crippen molar-refractivity contribution in [3.63, 3.8) is 0 Å². The molecule has 4 N–H and O–H groups in total. The van der Waals surface area contributed by atoms with Crippen LogP contribution < -0.4 is 10.4 Å². The lowest BCUT2D eigenvalue weighted by atomic mass is 10.0. The highest BCUT2D eigenvalue weighted by molar-refractivity contribution is 5.57. The SMILES string of the molecule is O.[O-][NH2+]c1cccnc1N1CCC(=CC#Cc2cccc(C(F)(F)F)c2)CC1. The van der Waals surface area contributed by atoms with E-state index in [1.54, 1.807) is 30.5 Å². The summed E-state index contributed by atoms with van der Waals surface area (Å²) < 4.78 is 38.2. The minimum Gasteiger partial charge on any atom is -0.630 e. The van der Waals surface area contributed by atoms with E-state index >= 15 is 0 Å². The second kappa shape index (κ2) is 9.37. The van der Waals surface area contributed by atoms with Crippen molar-refractivity contribution < 1.29 is 24.1 Å². The summed E-state index contributed by atoms with van der Waals surface area (Å²) >= 11 is 0. The molecular weight excluding hydrogens is 371 g/mol. The Kier molecular flexibility index (Phi) is 7.18. The molecule has 1 aromatic carbocycles. The zero-order valence-corrected chi connectivity index (χ0v) is 15.0. The van der Waals surface area contributed by atoms with E-state index in [1.165, 1.54) is 6.07 Å². The molecule has 0 bridgehead atoms. The number of pyridine rings is 1. The van der Waals surface area contributed by atoms with Crippen molar-refractivity contribution in [1.82, 2.24) is 4.98 Å². The predicted octanol–water partition coefficient (Wildman–Crippen LogP) is 2.55. The number of benzene rings is 1. The van der Waals surface area contributed by atoms with Crippen molar-refractivity contribution >= 4 is 11.5 Å². The maximum Gasteiger partial charge on any atom is 0.416 e. The first kappa shape index (κ1) is 21.4. The Morgan fingerprint density at radius 2 is 1.89 bits per heavy atom. The van der Waals surface area contributed by atoms with Gasteiger partial charge in [-0.1, -0.05) is 23.5 Å². The van der Waals surface area contributed by atoms with Crippen LogP contribution in [0.2, 0.25) is 0 Å². The van der Waals surface area contributed by atoms with Gasteiger partial charge in [0.25, 0.3) is 0 Å². The highest BCUT2D eigenvalue weighted by Crippen LogP contribution is 2.29. The van der Waals surface area contributed by atoms with Gasteiger partial charge in [0.2, 0.25) is 0 Å². The summed E-state index contributed by atoms with van der Waals surface area (Å²) in [5.41, 5.74) is 2.14. The molecule has 8 heteroatoms. The molecule has 0 aliphatic carbocycles. The molecule has 0 atom stereocenters. The van der Waals surface area contributed by atoms with Gasteiger partial charge in [0, 0.05) is 30.9 Å². The molecule has 2 aromatic rings. The number of aromatic nitrogens is 1. The molecule has 5 nitrogen and oxygen atoms in total. The Hall–Kier alpha value is -2.86. The predicted molar refractivity (Wildman–Crippen MR) is 101 cm³/mol. The fraction of sp³-hybridized carbons (Fsp3) is 0.250. The molecule has 1 fully saturated rings. The smallest absolute Gasteiger partial charge is 0.416 e. The maximum absolute atomic E-state index is 12.7. The van der Waals surface area contributed by atoms with Crippen LogP contribution in [0.1, 0.15) is 24.0 Å². The van der Waals surface area contributed by atoms with Gasteiger partial charge < -0.3 is 21.1 Å². The molecule has 1 aromatic heterocycles. The second-order valence-corrected chi connectivity index (χ2v) is 6.17. The van der Waals surface area contributed by atoms with Crippen molar-refractivity contribution in [2.45, 2.75) is 19.0 Å². The van der Waals surface area contributed by atoms with Gasteiger partial charge in [-0.25, -0.2) is 4.98 Å². The lowest BCUT2D eigenvalue weighted by Crippen LogP contribution is -2.70. The first-order valence-corrected chi connectivity index (χ1v) is 8.49. The third-order valence-electron chi connectivity index (χ3n) is 4.33. The zero-order valence-electron chi connectivity index (χ0n) is 15.0. The van der Waals surface area contributed by atoms with Crippen molar-refractivity contribution in [3.8, 4) is 11.8 Å². The van der Waals surface area contributed by atoms with E-state index in [1.807, 2.05) is 0 Å². The summed E-state index contributed by atoms with van der Waals surface area (Å²) in [5, 5.41) is 11.1. The first-order chi connectivity index (χ1) is 13.0. The standard InChI is InChI=1S/C20H18F3N3O.H2O/c21-20(22,23)17-7-2-6-16(14-17)5-1-4-15-9-12-26(13-10-15)19-18(25-27)8-3-11-24-19;/h2-4,6-8,11,14H,9-10,12-13,25H2;1H2. The minimum atomic E-state index is -4.37. The number of rotatable bonds is 2. The normalized spacial score (nSPS) is 14.0. The number of allylic oxidation sites excluding steroid dienone is 1. The summed E-state index contributed by atoms with van der Waals surface area (Å²) in [7, 11) is 0. The van der Waals surface area contributed by atoms with E-state index < -0.39 is 11.7 Å². The van der Waals surface area contributed by atoms with Crippen LogP contribution in [0.15, 0.2) is 54.2 Å². The average Bonchev–Trinajstić information content (AvgIpc) is 2.68. The number of quaternary nitrogens is 1. The second-order valence-electron chi connectivity index (χ2n) is 6.17. The van der Waals surface area contributed by atoms with Crippen LogP contribution in [-0.2, 0) is 6.18 Å². The molecule has 0 radical (unpaired) electrons. The van der Waals surface area contributed by atoms with E-state index in [0.29, 0.717) is 17.1 Å². The van der Waals surface area contributed by atoms with Gasteiger partial charge in [0.1, 0.15) is 0 Å². The van der Waals surface area contributed by atoms with Gasteiger partial charge in [0.15, 0.2) is 11.5 Å². The van der Waals surface area contributed by atoms with Gasteiger partial charge >= 0.3 is 6.18 Å². The minimum absolute atomic E-state index is 0. The number of alkyl halides is 3. The molecule has 1 saturated heterocycles. The van der Waals surface area contributed by atoms with Crippen LogP contribution in [0.25, 0.3) is 0 Å². The Bertz CT molecular complexity index is 891. The average molecular weight is 391 g/mol. The van der Waals surface area contributed by atoms with Gasteiger partial charge in [-0.3, -0.25) is 0 Å². The van der Waals surface area contributed by atoms with E-state index in [9.17, 15) is 18.4 Å². The molecule has 28 heavy (non-hydrogen) atoms. The molecule has 0 saturated carbocycles. The first-order valence-electron chi connectivity index (χ1n) is 8.49. The van der Waals surface area contributed by atoms with E-state index in [2.05, 4.69) is 21.7 Å². The van der Waals surface area contributed by atoms with Gasteiger partial charge in [-0.2, -0.15) is 13.2 Å². The molecule has 0 spiro atoms. The van der Waals surface area contributed by atoms with Gasteiger partial charge in [-0.05, 0) is 43.2 Å². The molecule has 3 rings (SSSR count). The third-order valence-corrected chi connectivity index (χ3v) is 4.33. The molecule has 2 heterocycles. The van der Waals surface area contributed by atoms with Gasteiger partial charge in [0.05, 0.1) is 5.56 Å². The molecule has 148 valence electrons. The van der Waals surface area contributed by atoms with Crippen molar-refractivity contribution in [1.29, 1.82) is 0 Å². The molecular formula is C20H20F3N3O2. The molecule has 1 aliphatic rings. The van der Waals surface area contributed by atoms with Crippen LogP contribution in [0.4, 0.5) is 24.7 Å². The Morgan fingerprint density at radius 1 is 1.14 bits per heavy atom. The highest BCUT2D eigenvalue weighted by atomic mass is 19.4. The lowest BCUT2D eigenvalue weighted by Gasteiger charge is -2.29. The summed E-state index contributed by atoms with van der Waals surface area (Å²) in [6, 6.07) is 8.47. The van der Waals surface area contributed by atoms with Crippen LogP contribution in [0.5, 0.6) is 0 Å². The zero-order chi connectivity index (χ0) is 19.3. The van der Waals surface area contributed by atoms with Crippen LogP contribution in [0.3, 0.4) is 0 Å². The Balaban J connectivity index is 0.00000280. The van der Waals surface area contributed by atoms with E-state index in [4.69, 9.17) is 0 Å². The maximum atomic E-state index is 12.7. The number of nitrogens with zero attached hydrogens (tertiary/aromatic N) is 2. The molecule has 0 unspecified atom stereocenters. The number of piperidine rings is 1. The number of anilines is 1. The summed E-state index contributed by atoms with van der Waals surface area (Å²) in [6.07, 6.45) is 0.609.